The zero-order chi connectivity index (χ0) is 20.4. The van der Waals surface area contributed by atoms with Crippen LogP contribution >= 0.6 is 23.2 Å². The molecule has 0 fully saturated rings. The maximum atomic E-state index is 10.9. The predicted octanol–water partition coefficient (Wildman–Crippen LogP) is 5.98. The Morgan fingerprint density at radius 3 is 2.46 bits per heavy atom. The molecule has 0 spiro atoms. The van der Waals surface area contributed by atoms with E-state index in [1.165, 1.54) is 0 Å². The van der Waals surface area contributed by atoms with Crippen LogP contribution in [0.25, 0.3) is 10.9 Å². The lowest BCUT2D eigenvalue weighted by molar-refractivity contribution is -0.136. The smallest absolute Gasteiger partial charge is 0.307 e. The van der Waals surface area contributed by atoms with E-state index in [1.54, 1.807) is 12.1 Å². The molecule has 148 valence electrons. The third kappa shape index (κ3) is 4.42. The zero-order valence-corrected chi connectivity index (χ0v) is 17.5. The van der Waals surface area contributed by atoms with Crippen LogP contribution in [0.5, 0.6) is 11.5 Å². The monoisotopic (exact) mass is 420 g/mol. The van der Waals surface area contributed by atoms with Gasteiger partial charge in [-0.2, -0.15) is 5.10 Å². The van der Waals surface area contributed by atoms with Crippen LogP contribution in [0.15, 0.2) is 30.3 Å². The summed E-state index contributed by atoms with van der Waals surface area (Å²) in [5.74, 6) is 0.458. The van der Waals surface area contributed by atoms with Gasteiger partial charge >= 0.3 is 5.97 Å². The molecule has 0 bridgehead atoms. The Hall–Kier alpha value is -2.24. The fourth-order valence-corrected chi connectivity index (χ4v) is 3.81. The minimum absolute atomic E-state index is 0.152. The van der Waals surface area contributed by atoms with Crippen LogP contribution in [-0.2, 0) is 24.2 Å². The second kappa shape index (κ2) is 8.41. The van der Waals surface area contributed by atoms with Crippen LogP contribution in [0.3, 0.4) is 0 Å². The molecule has 5 nitrogen and oxygen atoms in total. The van der Waals surface area contributed by atoms with Gasteiger partial charge in [0, 0.05) is 17.6 Å². The number of aromatic nitrogens is 2. The molecule has 0 aliphatic carbocycles. The van der Waals surface area contributed by atoms with Gasteiger partial charge in [-0.15, -0.1) is 0 Å². The fraction of sp³-hybridized carbons (Fsp3) is 0.333. The van der Waals surface area contributed by atoms with E-state index in [-0.39, 0.29) is 16.5 Å². The van der Waals surface area contributed by atoms with Crippen molar-refractivity contribution in [3.63, 3.8) is 0 Å². The summed E-state index contributed by atoms with van der Waals surface area (Å²) >= 11 is 12.6. The lowest BCUT2D eigenvalue weighted by Crippen LogP contribution is -2.09. The minimum atomic E-state index is -0.947. The van der Waals surface area contributed by atoms with E-state index < -0.39 is 5.97 Å². The predicted molar refractivity (Wildman–Crippen MR) is 112 cm³/mol. The van der Waals surface area contributed by atoms with Crippen LogP contribution in [0.1, 0.15) is 32.0 Å². The number of hydrogen-bond donors (Lipinski definition) is 1. The van der Waals surface area contributed by atoms with Crippen molar-refractivity contribution in [1.82, 2.24) is 9.78 Å². The Labute approximate surface area is 173 Å². The van der Waals surface area contributed by atoms with Gasteiger partial charge in [0.2, 0.25) is 0 Å². The number of hydrogen-bond acceptors (Lipinski definition) is 3. The average molecular weight is 421 g/mol. The zero-order valence-electron chi connectivity index (χ0n) is 16.0. The van der Waals surface area contributed by atoms with Crippen LogP contribution in [0.2, 0.25) is 10.0 Å². The number of nitrogens with zero attached hydrogens (tertiary/aromatic N) is 2. The topological polar surface area (TPSA) is 64.3 Å². The molecule has 0 atom stereocenters. The standard InChI is InChI=1S/C21H22Cl2N2O3/c1-4-19-15-10-14(5-6-18(15)24-25(19)11-12(2)3)28-21-16(22)7-13(8-17(21)23)9-20(26)27/h5-8,10,12H,4,9,11H2,1-3H3,(H,26,27). The van der Waals surface area contributed by atoms with Crippen LogP contribution < -0.4 is 4.74 Å². The third-order valence-electron chi connectivity index (χ3n) is 4.33. The van der Waals surface area contributed by atoms with Crippen LogP contribution in [-0.4, -0.2) is 20.9 Å². The highest BCUT2D eigenvalue weighted by atomic mass is 35.5. The number of aryl methyl sites for hydroxylation is 1. The highest BCUT2D eigenvalue weighted by Gasteiger charge is 2.15. The molecule has 1 heterocycles. The maximum Gasteiger partial charge on any atom is 0.307 e. The van der Waals surface area contributed by atoms with Gasteiger partial charge in [-0.25, -0.2) is 0 Å². The average Bonchev–Trinajstić information content (AvgIpc) is 2.93. The third-order valence-corrected chi connectivity index (χ3v) is 4.89. The SMILES string of the molecule is CCc1c2cc(Oc3c(Cl)cc(CC(=O)O)cc3Cl)ccc2nn1CC(C)C. The van der Waals surface area contributed by atoms with Gasteiger partial charge in [-0.1, -0.05) is 44.0 Å². The molecule has 0 aliphatic rings. The molecule has 0 saturated heterocycles. The van der Waals surface area contributed by atoms with Crippen LogP contribution in [0.4, 0.5) is 0 Å². The van der Waals surface area contributed by atoms with Gasteiger partial charge < -0.3 is 9.84 Å². The Morgan fingerprint density at radius 1 is 1.21 bits per heavy atom. The molecule has 1 N–H and O–H groups in total. The summed E-state index contributed by atoms with van der Waals surface area (Å²) in [4.78, 5) is 10.9. The van der Waals surface area contributed by atoms with Crippen molar-refractivity contribution < 1.29 is 14.6 Å². The van der Waals surface area contributed by atoms with Gasteiger partial charge in [-0.3, -0.25) is 9.48 Å². The quantitative estimate of drug-likeness (QED) is 0.510. The Balaban J connectivity index is 1.95. The number of fused-ring (bicyclic) bond motifs is 1. The molecule has 28 heavy (non-hydrogen) atoms. The number of rotatable bonds is 7. The second-order valence-corrected chi connectivity index (χ2v) is 7.93. The summed E-state index contributed by atoms with van der Waals surface area (Å²) in [6, 6.07) is 8.81. The molecule has 1 aromatic heterocycles. The molecule has 0 saturated carbocycles. The number of carboxylic acid groups (broad SMARTS) is 1. The molecule has 0 amide bonds. The number of carbonyl (C=O) groups is 1. The summed E-state index contributed by atoms with van der Waals surface area (Å²) in [7, 11) is 0. The maximum absolute atomic E-state index is 10.9. The highest BCUT2D eigenvalue weighted by molar-refractivity contribution is 6.37. The molecule has 0 unspecified atom stereocenters. The number of carboxylic acids is 1. The van der Waals surface area contributed by atoms with E-state index in [4.69, 9.17) is 38.1 Å². The number of benzene rings is 2. The van der Waals surface area contributed by atoms with E-state index in [9.17, 15) is 4.79 Å². The summed E-state index contributed by atoms with van der Waals surface area (Å²) in [6.07, 6.45) is 0.707. The Bertz CT molecular complexity index is 1000. The van der Waals surface area contributed by atoms with Crippen molar-refractivity contribution in [3.8, 4) is 11.5 Å². The number of aliphatic carboxylic acids is 1. The van der Waals surface area contributed by atoms with Crippen molar-refractivity contribution in [3.05, 3.63) is 51.6 Å². The lowest BCUT2D eigenvalue weighted by Gasteiger charge is -2.11. The first-order valence-corrected chi connectivity index (χ1v) is 9.91. The molecule has 7 heteroatoms. The second-order valence-electron chi connectivity index (χ2n) is 7.12. The Kier molecular flexibility index (Phi) is 6.16. The molecule has 3 aromatic rings. The summed E-state index contributed by atoms with van der Waals surface area (Å²) in [6.45, 7) is 7.29. The van der Waals surface area contributed by atoms with Gasteiger partial charge in [0.1, 0.15) is 5.75 Å². The van der Waals surface area contributed by atoms with E-state index in [1.807, 2.05) is 18.2 Å². The highest BCUT2D eigenvalue weighted by Crippen LogP contribution is 2.38. The van der Waals surface area contributed by atoms with Crippen molar-refractivity contribution in [1.29, 1.82) is 0 Å². The Morgan fingerprint density at radius 2 is 1.89 bits per heavy atom. The lowest BCUT2D eigenvalue weighted by atomic mass is 10.1. The van der Waals surface area contributed by atoms with E-state index in [0.717, 1.165) is 29.6 Å². The summed E-state index contributed by atoms with van der Waals surface area (Å²) in [5.41, 5.74) is 2.59. The molecular weight excluding hydrogens is 399 g/mol. The van der Waals surface area contributed by atoms with Crippen LogP contribution in [0, 0.1) is 5.92 Å². The van der Waals surface area contributed by atoms with Crippen molar-refractivity contribution in [2.45, 2.75) is 40.2 Å². The normalized spacial score (nSPS) is 11.4. The number of halogens is 2. The first-order valence-electron chi connectivity index (χ1n) is 9.15. The van der Waals surface area contributed by atoms with E-state index >= 15 is 0 Å². The largest absolute Gasteiger partial charge is 0.481 e. The van der Waals surface area contributed by atoms with Crippen molar-refractivity contribution >= 4 is 40.1 Å². The number of ether oxygens (including phenoxy) is 1. The van der Waals surface area contributed by atoms with E-state index in [2.05, 4.69) is 25.5 Å². The van der Waals surface area contributed by atoms with Crippen molar-refractivity contribution in [2.24, 2.45) is 5.92 Å². The first-order chi connectivity index (χ1) is 13.3. The molecular formula is C21H22Cl2N2O3. The fourth-order valence-electron chi connectivity index (χ4n) is 3.20. The van der Waals surface area contributed by atoms with Gasteiger partial charge in [0.25, 0.3) is 0 Å². The first kappa shape index (κ1) is 20.5. The van der Waals surface area contributed by atoms with Crippen molar-refractivity contribution in [2.75, 3.05) is 0 Å². The van der Waals surface area contributed by atoms with Gasteiger partial charge in [0.15, 0.2) is 5.75 Å². The summed E-state index contributed by atoms with van der Waals surface area (Å²) in [5, 5.41) is 15.2. The van der Waals surface area contributed by atoms with E-state index in [0.29, 0.717) is 23.0 Å². The molecule has 3 rings (SSSR count). The minimum Gasteiger partial charge on any atom is -0.481 e. The van der Waals surface area contributed by atoms with Gasteiger partial charge in [0.05, 0.1) is 22.0 Å². The summed E-state index contributed by atoms with van der Waals surface area (Å²) < 4.78 is 8.00. The molecule has 0 radical (unpaired) electrons. The molecule has 2 aromatic carbocycles. The van der Waals surface area contributed by atoms with Gasteiger partial charge in [-0.05, 0) is 48.2 Å². The molecule has 0 aliphatic heterocycles.